The van der Waals surface area contributed by atoms with E-state index in [1.54, 1.807) is 18.2 Å². The summed E-state index contributed by atoms with van der Waals surface area (Å²) in [5.41, 5.74) is 22.2. The summed E-state index contributed by atoms with van der Waals surface area (Å²) >= 11 is 0. The van der Waals surface area contributed by atoms with Crippen molar-refractivity contribution in [1.29, 1.82) is 10.5 Å². The first-order chi connectivity index (χ1) is 67.4. The molecular weight excluding hydrogens is 1610 g/mol. The number of nitrogens with zero attached hydrogens (tertiary/aromatic N) is 13. The molecule has 0 saturated heterocycles. The van der Waals surface area contributed by atoms with Gasteiger partial charge < -0.3 is 22.8 Å². The smallest absolute Gasteiger partial charge is 0.167 e. The SMILES string of the molecule is [2H]c1c([2H])c(-n2c3ccccc3c3ccc4c(c5ccccc5n4-c4ccccc4)c32)c(-c2nc(-c3ccccc3)nc(-c3ccc4c(c3)c3ccccc3n4-c3ccccc3)n2)c([2H])c1C#N.[2H]c1c([2H])c(C#N)c([2H])c(-c2nc(-c3ccccc3)nc(-c3ccc4c(c3)c3ccccc3n4-c3ccccc3)n2)c1F.c1ccc(-n2c3ccccc3c3c4c(ccc32)-c2ccccc2C4)cc1. The normalized spacial score (nSPS) is 12.3. The van der Waals surface area contributed by atoms with Crippen molar-refractivity contribution in [2.75, 3.05) is 0 Å². The molecule has 131 heavy (non-hydrogen) atoms. The molecule has 7 heterocycles. The molecule has 1 aliphatic rings. The van der Waals surface area contributed by atoms with Gasteiger partial charge in [-0.2, -0.15) is 10.5 Å². The Morgan fingerprint density at radius 2 is 0.603 bits per heavy atom. The number of para-hydroxylation sites is 9. The Hall–Kier alpha value is -18.1. The number of hydrogen-bond donors (Lipinski definition) is 0. The van der Waals surface area contributed by atoms with Gasteiger partial charge in [0.25, 0.3) is 0 Å². The molecule has 0 atom stereocenters. The van der Waals surface area contributed by atoms with Crippen LogP contribution in [0.15, 0.2) is 425 Å². The number of rotatable bonds is 11. The van der Waals surface area contributed by atoms with Crippen LogP contribution in [0.1, 0.15) is 30.5 Å². The first-order valence-electron chi connectivity index (χ1n) is 46.1. The first kappa shape index (κ1) is 70.2. The minimum absolute atomic E-state index is 0.107. The lowest BCUT2D eigenvalue weighted by Crippen LogP contribution is -2.04. The summed E-state index contributed by atoms with van der Waals surface area (Å²) in [5.74, 6) is -0.0241. The van der Waals surface area contributed by atoms with E-state index in [4.69, 9.17) is 24.0 Å². The maximum absolute atomic E-state index is 15.5. The number of nitriles is 2. The second kappa shape index (κ2) is 31.8. The van der Waals surface area contributed by atoms with Crippen molar-refractivity contribution in [2.45, 2.75) is 6.42 Å². The Labute approximate surface area is 759 Å². The summed E-state index contributed by atoms with van der Waals surface area (Å²) in [5, 5.41) is 30.8. The van der Waals surface area contributed by atoms with Gasteiger partial charge in [-0.05, 0) is 192 Å². The van der Waals surface area contributed by atoms with E-state index in [1.165, 1.54) is 49.7 Å². The average Bonchev–Trinajstić information content (AvgIpc) is 1.54. The van der Waals surface area contributed by atoms with Crippen molar-refractivity contribution in [3.8, 4) is 120 Å². The zero-order chi connectivity index (χ0) is 92.4. The van der Waals surface area contributed by atoms with Gasteiger partial charge in [0.15, 0.2) is 34.9 Å². The lowest BCUT2D eigenvalue weighted by Gasteiger charge is -2.16. The van der Waals surface area contributed by atoms with Crippen molar-refractivity contribution in [2.24, 2.45) is 0 Å². The van der Waals surface area contributed by atoms with Crippen molar-refractivity contribution >= 4 is 109 Å². The molecule has 18 aromatic carbocycles. The van der Waals surface area contributed by atoms with E-state index in [9.17, 15) is 14.6 Å². The second-order valence-electron chi connectivity index (χ2n) is 32.2. The van der Waals surface area contributed by atoms with Gasteiger partial charge in [-0.3, -0.25) is 0 Å². The zero-order valence-corrected chi connectivity index (χ0v) is 69.8. The van der Waals surface area contributed by atoms with E-state index in [2.05, 4.69) is 228 Å². The van der Waals surface area contributed by atoms with Crippen molar-refractivity contribution < 1.29 is 12.6 Å². The Kier molecular flexibility index (Phi) is 17.1. The topological polar surface area (TPSA) is 150 Å². The second-order valence-corrected chi connectivity index (χ2v) is 32.2. The number of fused-ring (bicyclic) bond motifs is 20. The first-order valence-corrected chi connectivity index (χ1v) is 43.1. The molecule has 1 aliphatic carbocycles. The Bertz CT molecular complexity index is 9380. The van der Waals surface area contributed by atoms with Crippen molar-refractivity contribution in [1.82, 2.24) is 52.7 Å². The summed E-state index contributed by atoms with van der Waals surface area (Å²) in [6.45, 7) is 0. The maximum Gasteiger partial charge on any atom is 0.167 e. The summed E-state index contributed by atoms with van der Waals surface area (Å²) in [7, 11) is 0. The molecule has 0 spiro atoms. The molecule has 14 heteroatoms. The fraction of sp³-hybridized carbons (Fsp3) is 0.00855. The van der Waals surface area contributed by atoms with Gasteiger partial charge in [0, 0.05) is 104 Å². The van der Waals surface area contributed by atoms with Gasteiger partial charge in [0.1, 0.15) is 5.82 Å². The highest BCUT2D eigenvalue weighted by atomic mass is 19.1. The third-order valence-electron chi connectivity index (χ3n) is 24.8. The van der Waals surface area contributed by atoms with E-state index in [0.717, 1.165) is 122 Å². The van der Waals surface area contributed by atoms with Gasteiger partial charge in [0.05, 0.1) is 97.9 Å². The molecule has 13 nitrogen and oxygen atoms in total. The van der Waals surface area contributed by atoms with Crippen LogP contribution in [-0.2, 0) is 6.42 Å². The fourth-order valence-corrected chi connectivity index (χ4v) is 19.1. The standard InChI is InChI=1S/C58H35N7.C34H20FN5.C25H17N/c59-36-37-28-31-52(65-49-26-14-10-22-42(49)44-30-33-53-54(55(44)65)45-24-12-15-27-50(45)64(53)41-20-8-3-9-21-41)47(34-37)58-61-56(38-16-4-1-5-17-38)60-57(62-58)39-29-32-51-46(35-39)43-23-11-13-25-48(43)63(51)40-18-6-2-7-19-40;35-29-17-15-22(21-36)19-28(29)34-38-32(23-9-3-1-4-10-23)37-33(39-34)24-16-18-31-27(20-24)26-13-7-8-14-30(26)40(31)25-11-5-2-6-12-25;1-2-9-18(10-3-1)26-23-13-7-6-12-21(23)25-22-16-17-8-4-5-11-19(17)20(22)14-15-24(25)26/h1-35H;1-20H;1-15H,16H2/i28D,31D,34D;15D,17D,19D;. The number of aromatic nitrogens is 11. The van der Waals surface area contributed by atoms with Crippen LogP contribution in [0, 0.1) is 28.5 Å². The van der Waals surface area contributed by atoms with Crippen LogP contribution in [0.25, 0.3) is 217 Å². The van der Waals surface area contributed by atoms with Crippen LogP contribution in [0.5, 0.6) is 0 Å². The van der Waals surface area contributed by atoms with Gasteiger partial charge in [-0.15, -0.1) is 0 Å². The maximum atomic E-state index is 15.5. The van der Waals surface area contributed by atoms with E-state index < -0.39 is 35.1 Å². The van der Waals surface area contributed by atoms with Crippen LogP contribution in [0.4, 0.5) is 4.39 Å². The number of hydrogen-bond acceptors (Lipinski definition) is 8. The minimum Gasteiger partial charge on any atom is -0.309 e. The summed E-state index contributed by atoms with van der Waals surface area (Å²) in [6.07, 6.45) is 1.02. The van der Waals surface area contributed by atoms with E-state index >= 15 is 4.39 Å². The third kappa shape index (κ3) is 13.0. The molecule has 0 unspecified atom stereocenters. The fourth-order valence-electron chi connectivity index (χ4n) is 19.1. The van der Waals surface area contributed by atoms with Crippen LogP contribution < -0.4 is 0 Å². The van der Waals surface area contributed by atoms with Crippen LogP contribution in [-0.4, -0.2) is 52.7 Å². The third-order valence-corrected chi connectivity index (χ3v) is 24.8. The highest BCUT2D eigenvalue weighted by molar-refractivity contribution is 6.26. The quantitative estimate of drug-likeness (QED) is 0.124. The van der Waals surface area contributed by atoms with E-state index in [0.29, 0.717) is 22.8 Å². The molecule has 0 N–H and O–H groups in total. The summed E-state index contributed by atoms with van der Waals surface area (Å²) in [6, 6.07) is 132. The van der Waals surface area contributed by atoms with Gasteiger partial charge in [-0.1, -0.05) is 261 Å². The Morgan fingerprint density at radius 1 is 0.260 bits per heavy atom. The highest BCUT2D eigenvalue weighted by Crippen LogP contribution is 2.48. The minimum atomic E-state index is -1.13. The lowest BCUT2D eigenvalue weighted by atomic mass is 10.0. The van der Waals surface area contributed by atoms with Gasteiger partial charge in [-0.25, -0.2) is 34.3 Å². The van der Waals surface area contributed by atoms with Crippen LogP contribution >= 0.6 is 0 Å². The molecule has 25 aromatic rings. The Balaban J connectivity index is 0.000000125. The highest BCUT2D eigenvalue weighted by Gasteiger charge is 2.29. The van der Waals surface area contributed by atoms with Gasteiger partial charge >= 0.3 is 0 Å². The van der Waals surface area contributed by atoms with Crippen molar-refractivity contribution in [3.05, 3.63) is 453 Å². The predicted molar refractivity (Wildman–Crippen MR) is 528 cm³/mol. The molecule has 0 radical (unpaired) electrons. The molecule has 0 aliphatic heterocycles. The number of benzene rings is 18. The monoisotopic (exact) mass is 1680 g/mol. The van der Waals surface area contributed by atoms with E-state index in [-0.39, 0.29) is 58.2 Å². The summed E-state index contributed by atoms with van der Waals surface area (Å²) < 4.78 is 80.3. The average molecular weight is 1680 g/mol. The van der Waals surface area contributed by atoms with E-state index in [1.807, 2.05) is 187 Å². The Morgan fingerprint density at radius 3 is 1.09 bits per heavy atom. The zero-order valence-electron chi connectivity index (χ0n) is 75.8. The molecular formula is C117H72FN13. The molecule has 26 rings (SSSR count). The molecule has 0 bridgehead atoms. The molecule has 0 fully saturated rings. The van der Waals surface area contributed by atoms with Crippen molar-refractivity contribution in [3.63, 3.8) is 0 Å². The largest absolute Gasteiger partial charge is 0.309 e. The predicted octanol–water partition coefficient (Wildman–Crippen LogP) is 28.4. The van der Waals surface area contributed by atoms with Crippen LogP contribution in [0.3, 0.4) is 0 Å². The summed E-state index contributed by atoms with van der Waals surface area (Å²) in [4.78, 5) is 29.3. The number of halogens is 1. The molecule has 7 aromatic heterocycles. The molecule has 0 saturated carbocycles. The van der Waals surface area contributed by atoms with Gasteiger partial charge in [0.2, 0.25) is 0 Å². The lowest BCUT2D eigenvalue weighted by molar-refractivity contribution is 0.629. The molecule has 612 valence electrons. The van der Waals surface area contributed by atoms with Crippen LogP contribution in [0.2, 0.25) is 0 Å². The molecule has 0 amide bonds.